The topological polar surface area (TPSA) is 25.0 Å². The van der Waals surface area contributed by atoms with Crippen LogP contribution in [-0.4, -0.2) is 12.1 Å². The number of hydrogen-bond acceptors (Lipinski definition) is 1. The van der Waals surface area contributed by atoms with E-state index in [1.807, 2.05) is 0 Å². The molecule has 0 aliphatic rings. The summed E-state index contributed by atoms with van der Waals surface area (Å²) in [5.41, 5.74) is 6.14. The molecule has 0 amide bonds. The molecule has 0 spiro atoms. The Morgan fingerprint density at radius 3 is 2.56 bits per heavy atom. The molecule has 0 atom stereocenters. The molecule has 92 valence electrons. The summed E-state index contributed by atoms with van der Waals surface area (Å²) in [5.74, 6) is 0.918. The van der Waals surface area contributed by atoms with Crippen molar-refractivity contribution in [3.05, 3.63) is 41.0 Å². The van der Waals surface area contributed by atoms with Crippen LogP contribution in [0.2, 0.25) is 0 Å². The second kappa shape index (κ2) is 3.77. The van der Waals surface area contributed by atoms with Crippen molar-refractivity contribution in [3.63, 3.8) is 0 Å². The Bertz CT molecular complexity index is 753. The van der Waals surface area contributed by atoms with Gasteiger partial charge in [-0.15, -0.1) is 0 Å². The maximum Gasteiger partial charge on any atom is 0.143 e. The number of benzene rings is 2. The minimum atomic E-state index is 0.918. The molecule has 0 radical (unpaired) electrons. The van der Waals surface area contributed by atoms with Gasteiger partial charge in [-0.05, 0) is 50.1 Å². The molecular weight excluding hydrogens is 222 g/mol. The summed E-state index contributed by atoms with van der Waals surface area (Å²) in [6.45, 7) is 6.43. The van der Waals surface area contributed by atoms with Gasteiger partial charge in [0.25, 0.3) is 0 Å². The van der Waals surface area contributed by atoms with E-state index in [-0.39, 0.29) is 0 Å². The van der Waals surface area contributed by atoms with Crippen LogP contribution in [0.1, 0.15) is 16.7 Å². The SMILES string of the molecule is COc1cc(C)c(C)c2c1[nH]c1ccc(C)cc12. The van der Waals surface area contributed by atoms with Crippen LogP contribution < -0.4 is 4.74 Å². The molecule has 0 fully saturated rings. The highest BCUT2D eigenvalue weighted by Gasteiger charge is 2.13. The number of H-pyrrole nitrogens is 1. The van der Waals surface area contributed by atoms with E-state index in [9.17, 15) is 0 Å². The van der Waals surface area contributed by atoms with Crippen LogP contribution in [0.15, 0.2) is 24.3 Å². The molecule has 0 aliphatic carbocycles. The Kier molecular flexibility index (Phi) is 2.34. The van der Waals surface area contributed by atoms with Crippen molar-refractivity contribution in [2.24, 2.45) is 0 Å². The van der Waals surface area contributed by atoms with E-state index in [0.717, 1.165) is 11.3 Å². The number of aromatic nitrogens is 1. The third kappa shape index (κ3) is 1.42. The van der Waals surface area contributed by atoms with E-state index < -0.39 is 0 Å². The number of ether oxygens (including phenoxy) is 1. The first-order valence-electron chi connectivity index (χ1n) is 6.18. The Balaban J connectivity index is 2.58. The van der Waals surface area contributed by atoms with Crippen LogP contribution in [0.4, 0.5) is 0 Å². The summed E-state index contributed by atoms with van der Waals surface area (Å²) < 4.78 is 5.49. The fourth-order valence-corrected chi connectivity index (χ4v) is 2.62. The zero-order chi connectivity index (χ0) is 12.9. The number of nitrogens with one attached hydrogen (secondary N) is 1. The lowest BCUT2D eigenvalue weighted by Gasteiger charge is -2.07. The van der Waals surface area contributed by atoms with Crippen LogP contribution in [0.25, 0.3) is 21.8 Å². The van der Waals surface area contributed by atoms with Gasteiger partial charge in [0, 0.05) is 16.3 Å². The van der Waals surface area contributed by atoms with E-state index >= 15 is 0 Å². The number of fused-ring (bicyclic) bond motifs is 3. The maximum absolute atomic E-state index is 5.49. The zero-order valence-corrected chi connectivity index (χ0v) is 11.2. The van der Waals surface area contributed by atoms with E-state index in [2.05, 4.69) is 50.0 Å². The monoisotopic (exact) mass is 239 g/mol. The second-order valence-corrected chi connectivity index (χ2v) is 4.94. The number of hydrogen-bond donors (Lipinski definition) is 1. The molecule has 1 N–H and O–H groups in total. The predicted octanol–water partition coefficient (Wildman–Crippen LogP) is 4.25. The molecule has 1 aromatic heterocycles. The summed E-state index contributed by atoms with van der Waals surface area (Å²) in [5, 5.41) is 2.56. The first kappa shape index (κ1) is 11.1. The molecule has 2 heteroatoms. The summed E-state index contributed by atoms with van der Waals surface area (Å²) in [4.78, 5) is 3.47. The van der Waals surface area contributed by atoms with E-state index in [1.54, 1.807) is 7.11 Å². The minimum absolute atomic E-state index is 0.918. The molecule has 18 heavy (non-hydrogen) atoms. The van der Waals surface area contributed by atoms with Crippen molar-refractivity contribution >= 4 is 21.8 Å². The normalized spacial score (nSPS) is 11.3. The predicted molar refractivity (Wildman–Crippen MR) is 76.6 cm³/mol. The van der Waals surface area contributed by atoms with Crippen LogP contribution in [-0.2, 0) is 0 Å². The standard InChI is InChI=1S/C16H17NO/c1-9-5-6-13-12(7-9)15-11(3)10(2)8-14(18-4)16(15)17-13/h5-8,17H,1-4H3. The van der Waals surface area contributed by atoms with Crippen molar-refractivity contribution < 1.29 is 4.74 Å². The summed E-state index contributed by atoms with van der Waals surface area (Å²) in [7, 11) is 1.72. The van der Waals surface area contributed by atoms with Crippen LogP contribution in [0.5, 0.6) is 5.75 Å². The smallest absolute Gasteiger partial charge is 0.143 e. The minimum Gasteiger partial charge on any atom is -0.495 e. The van der Waals surface area contributed by atoms with Crippen LogP contribution >= 0.6 is 0 Å². The third-order valence-corrected chi connectivity index (χ3v) is 3.73. The van der Waals surface area contributed by atoms with Gasteiger partial charge in [0.1, 0.15) is 5.75 Å². The van der Waals surface area contributed by atoms with Crippen molar-refractivity contribution in [2.75, 3.05) is 7.11 Å². The number of aromatic amines is 1. The summed E-state index contributed by atoms with van der Waals surface area (Å²) in [6, 6.07) is 8.60. The average molecular weight is 239 g/mol. The van der Waals surface area contributed by atoms with Crippen LogP contribution in [0, 0.1) is 20.8 Å². The Labute approximate surface area is 107 Å². The van der Waals surface area contributed by atoms with Gasteiger partial charge in [0.2, 0.25) is 0 Å². The second-order valence-electron chi connectivity index (χ2n) is 4.94. The number of methoxy groups -OCH3 is 1. The van der Waals surface area contributed by atoms with Crippen molar-refractivity contribution in [3.8, 4) is 5.75 Å². The molecule has 3 aromatic rings. The molecule has 0 unspecified atom stereocenters. The lowest BCUT2D eigenvalue weighted by atomic mass is 10.0. The Morgan fingerprint density at radius 1 is 1.06 bits per heavy atom. The fourth-order valence-electron chi connectivity index (χ4n) is 2.62. The van der Waals surface area contributed by atoms with Crippen molar-refractivity contribution in [1.29, 1.82) is 0 Å². The maximum atomic E-state index is 5.49. The van der Waals surface area contributed by atoms with Gasteiger partial charge in [0.05, 0.1) is 12.6 Å². The summed E-state index contributed by atoms with van der Waals surface area (Å²) >= 11 is 0. The molecule has 1 heterocycles. The molecule has 3 rings (SSSR count). The average Bonchev–Trinajstić information content (AvgIpc) is 2.72. The molecule has 2 aromatic carbocycles. The van der Waals surface area contributed by atoms with E-state index in [1.165, 1.54) is 33.0 Å². The molecule has 0 aliphatic heterocycles. The first-order valence-corrected chi connectivity index (χ1v) is 6.18. The van der Waals surface area contributed by atoms with E-state index in [0.29, 0.717) is 0 Å². The van der Waals surface area contributed by atoms with Gasteiger partial charge in [0.15, 0.2) is 0 Å². The highest BCUT2D eigenvalue weighted by atomic mass is 16.5. The molecular formula is C16H17NO. The molecule has 2 nitrogen and oxygen atoms in total. The highest BCUT2D eigenvalue weighted by Crippen LogP contribution is 2.36. The highest BCUT2D eigenvalue weighted by molar-refractivity contribution is 6.11. The lowest BCUT2D eigenvalue weighted by molar-refractivity contribution is 0.418. The Hall–Kier alpha value is -1.96. The molecule has 0 saturated heterocycles. The van der Waals surface area contributed by atoms with Gasteiger partial charge in [-0.2, -0.15) is 0 Å². The van der Waals surface area contributed by atoms with Crippen LogP contribution in [0.3, 0.4) is 0 Å². The fraction of sp³-hybridized carbons (Fsp3) is 0.250. The molecule has 0 bridgehead atoms. The Morgan fingerprint density at radius 2 is 1.83 bits per heavy atom. The number of aryl methyl sites for hydroxylation is 3. The third-order valence-electron chi connectivity index (χ3n) is 3.73. The summed E-state index contributed by atoms with van der Waals surface area (Å²) in [6.07, 6.45) is 0. The largest absolute Gasteiger partial charge is 0.495 e. The molecule has 0 saturated carbocycles. The van der Waals surface area contributed by atoms with Gasteiger partial charge in [-0.1, -0.05) is 11.6 Å². The quantitative estimate of drug-likeness (QED) is 0.674. The van der Waals surface area contributed by atoms with Crippen molar-refractivity contribution in [1.82, 2.24) is 4.98 Å². The lowest BCUT2D eigenvalue weighted by Crippen LogP contribution is -1.89. The zero-order valence-electron chi connectivity index (χ0n) is 11.2. The van der Waals surface area contributed by atoms with Gasteiger partial charge < -0.3 is 9.72 Å². The first-order chi connectivity index (χ1) is 8.61. The van der Waals surface area contributed by atoms with Gasteiger partial charge in [-0.25, -0.2) is 0 Å². The van der Waals surface area contributed by atoms with Crippen molar-refractivity contribution in [2.45, 2.75) is 20.8 Å². The van der Waals surface area contributed by atoms with Gasteiger partial charge in [-0.3, -0.25) is 0 Å². The number of rotatable bonds is 1. The van der Waals surface area contributed by atoms with Gasteiger partial charge >= 0.3 is 0 Å². The van der Waals surface area contributed by atoms with E-state index in [4.69, 9.17) is 4.74 Å².